The molecule has 0 aliphatic carbocycles. The zero-order valence-corrected chi connectivity index (χ0v) is 13.3. The molecule has 1 fully saturated rings. The molecule has 0 unspecified atom stereocenters. The number of carboxylic acids is 1. The lowest BCUT2D eigenvalue weighted by atomic mass is 10.1. The lowest BCUT2D eigenvalue weighted by molar-refractivity contribution is -0.133. The van der Waals surface area contributed by atoms with E-state index in [0.29, 0.717) is 31.7 Å². The molecule has 1 saturated heterocycles. The Morgan fingerprint density at radius 2 is 1.92 bits per heavy atom. The van der Waals surface area contributed by atoms with Crippen LogP contribution in [0, 0.1) is 5.82 Å². The predicted molar refractivity (Wildman–Crippen MR) is 83.6 cm³/mol. The summed E-state index contributed by atoms with van der Waals surface area (Å²) >= 11 is 0. The van der Waals surface area contributed by atoms with Crippen molar-refractivity contribution in [3.05, 3.63) is 42.0 Å². The number of amides is 1. The predicted octanol–water partition coefficient (Wildman–Crippen LogP) is 1.19. The minimum atomic E-state index is -1.18. The van der Waals surface area contributed by atoms with E-state index >= 15 is 0 Å². The average Bonchev–Trinajstić information content (AvgIpc) is 3.06. The number of ether oxygens (including phenoxy) is 1. The van der Waals surface area contributed by atoms with Gasteiger partial charge < -0.3 is 14.7 Å². The van der Waals surface area contributed by atoms with Crippen molar-refractivity contribution in [2.45, 2.75) is 25.5 Å². The second-order valence-electron chi connectivity index (χ2n) is 5.76. The monoisotopic (exact) mass is 348 g/mol. The highest BCUT2D eigenvalue weighted by atomic mass is 19.1. The van der Waals surface area contributed by atoms with E-state index in [4.69, 9.17) is 9.84 Å². The van der Waals surface area contributed by atoms with Crippen molar-refractivity contribution in [3.8, 4) is 5.75 Å². The lowest BCUT2D eigenvalue weighted by Crippen LogP contribution is -2.43. The third-order valence-corrected chi connectivity index (χ3v) is 3.97. The summed E-state index contributed by atoms with van der Waals surface area (Å²) in [6.07, 6.45) is 2.53. The number of aromatic nitrogens is 3. The molecule has 0 radical (unpaired) electrons. The normalized spacial score (nSPS) is 15.2. The fourth-order valence-electron chi connectivity index (χ4n) is 2.64. The average molecular weight is 348 g/mol. The van der Waals surface area contributed by atoms with Crippen molar-refractivity contribution in [2.24, 2.45) is 0 Å². The molecule has 132 valence electrons. The first-order valence-corrected chi connectivity index (χ1v) is 7.84. The van der Waals surface area contributed by atoms with Crippen molar-refractivity contribution in [3.63, 3.8) is 0 Å². The van der Waals surface area contributed by atoms with Crippen LogP contribution in [0.25, 0.3) is 0 Å². The summed E-state index contributed by atoms with van der Waals surface area (Å²) < 4.78 is 19.9. The molecule has 9 heteroatoms. The van der Waals surface area contributed by atoms with Crippen molar-refractivity contribution in [2.75, 3.05) is 13.1 Å². The van der Waals surface area contributed by atoms with Crippen LogP contribution in [0.1, 0.15) is 23.3 Å². The van der Waals surface area contributed by atoms with E-state index in [1.165, 1.54) is 23.0 Å². The number of benzene rings is 1. The summed E-state index contributed by atoms with van der Waals surface area (Å²) in [7, 11) is 0. The van der Waals surface area contributed by atoms with E-state index < -0.39 is 5.97 Å². The number of aromatic carboxylic acids is 1. The van der Waals surface area contributed by atoms with Crippen LogP contribution in [0.15, 0.2) is 30.5 Å². The minimum Gasteiger partial charge on any atom is -0.490 e. The number of carboxylic acid groups (broad SMARTS) is 1. The molecule has 3 rings (SSSR count). The van der Waals surface area contributed by atoms with Gasteiger partial charge >= 0.3 is 5.97 Å². The first kappa shape index (κ1) is 16.9. The molecule has 8 nitrogen and oxygen atoms in total. The van der Waals surface area contributed by atoms with Gasteiger partial charge in [-0.15, -0.1) is 5.10 Å². The first-order valence-electron chi connectivity index (χ1n) is 7.84. The quantitative estimate of drug-likeness (QED) is 0.871. The lowest BCUT2D eigenvalue weighted by Gasteiger charge is -2.32. The Morgan fingerprint density at radius 3 is 2.52 bits per heavy atom. The smallest absolute Gasteiger partial charge is 0.358 e. The van der Waals surface area contributed by atoms with E-state index in [0.717, 1.165) is 0 Å². The van der Waals surface area contributed by atoms with Gasteiger partial charge in [0.05, 0.1) is 6.20 Å². The molecule has 1 aliphatic heterocycles. The molecule has 1 N–H and O–H groups in total. The highest BCUT2D eigenvalue weighted by molar-refractivity contribution is 5.84. The van der Waals surface area contributed by atoms with Crippen LogP contribution in [0.4, 0.5) is 4.39 Å². The van der Waals surface area contributed by atoms with Gasteiger partial charge in [-0.2, -0.15) is 0 Å². The molecule has 0 bridgehead atoms. The molecule has 25 heavy (non-hydrogen) atoms. The summed E-state index contributed by atoms with van der Waals surface area (Å²) in [6.45, 7) is 1.01. The number of halogens is 1. The van der Waals surface area contributed by atoms with Gasteiger partial charge in [-0.05, 0) is 24.3 Å². The van der Waals surface area contributed by atoms with Crippen LogP contribution in [-0.2, 0) is 11.3 Å². The highest BCUT2D eigenvalue weighted by Gasteiger charge is 2.24. The Kier molecular flexibility index (Phi) is 4.92. The fourth-order valence-corrected chi connectivity index (χ4v) is 2.64. The van der Waals surface area contributed by atoms with Gasteiger partial charge in [0.25, 0.3) is 0 Å². The Hall–Kier alpha value is -2.97. The van der Waals surface area contributed by atoms with E-state index in [-0.39, 0.29) is 30.1 Å². The molecular weight excluding hydrogens is 331 g/mol. The number of likely N-dealkylation sites (tertiary alicyclic amines) is 1. The summed E-state index contributed by atoms with van der Waals surface area (Å²) in [5, 5.41) is 15.9. The molecule has 0 spiro atoms. The van der Waals surface area contributed by atoms with Crippen LogP contribution < -0.4 is 4.74 Å². The van der Waals surface area contributed by atoms with Crippen molar-refractivity contribution in [1.29, 1.82) is 0 Å². The Balaban J connectivity index is 1.48. The van der Waals surface area contributed by atoms with Crippen LogP contribution >= 0.6 is 0 Å². The topological polar surface area (TPSA) is 97.5 Å². The van der Waals surface area contributed by atoms with E-state index in [1.807, 2.05) is 0 Å². The number of nitrogens with zero attached hydrogens (tertiary/aromatic N) is 4. The number of hydrogen-bond donors (Lipinski definition) is 1. The van der Waals surface area contributed by atoms with Gasteiger partial charge in [-0.25, -0.2) is 13.9 Å². The number of rotatable bonds is 5. The summed E-state index contributed by atoms with van der Waals surface area (Å²) in [5.41, 5.74) is -0.195. The zero-order valence-electron chi connectivity index (χ0n) is 13.3. The Morgan fingerprint density at radius 1 is 1.24 bits per heavy atom. The molecule has 1 aromatic carbocycles. The van der Waals surface area contributed by atoms with Crippen LogP contribution in [0.2, 0.25) is 0 Å². The molecule has 0 saturated carbocycles. The summed E-state index contributed by atoms with van der Waals surface area (Å²) in [5.74, 6) is -1.04. The number of hydrogen-bond acceptors (Lipinski definition) is 5. The largest absolute Gasteiger partial charge is 0.490 e. The molecule has 2 aromatic rings. The van der Waals surface area contributed by atoms with Gasteiger partial charge in [0.1, 0.15) is 24.2 Å². The molecule has 1 aromatic heterocycles. The zero-order chi connectivity index (χ0) is 17.8. The molecule has 2 heterocycles. The van der Waals surface area contributed by atoms with Gasteiger partial charge in [0.2, 0.25) is 5.91 Å². The first-order chi connectivity index (χ1) is 12.0. The SMILES string of the molecule is O=C(O)c1cn(CC(=O)N2CCC(Oc3ccc(F)cc3)CC2)nn1. The standard InChI is InChI=1S/C16H17FN4O4/c17-11-1-3-12(4-2-11)25-13-5-7-20(8-6-13)15(22)10-21-9-14(16(23)24)18-19-21/h1-4,9,13H,5-8,10H2,(H,23,24). The molecular formula is C16H17FN4O4. The van der Waals surface area contributed by atoms with Gasteiger partial charge in [-0.1, -0.05) is 5.21 Å². The second kappa shape index (κ2) is 7.29. The molecule has 1 amide bonds. The number of carbonyl (C=O) groups is 2. The second-order valence-corrected chi connectivity index (χ2v) is 5.76. The van der Waals surface area contributed by atoms with Crippen LogP contribution in [0.5, 0.6) is 5.75 Å². The van der Waals surface area contributed by atoms with Crippen molar-refractivity contribution in [1.82, 2.24) is 19.9 Å². The van der Waals surface area contributed by atoms with Gasteiger partial charge in [0.15, 0.2) is 5.69 Å². The number of piperidine rings is 1. The Bertz CT molecular complexity index is 754. The summed E-state index contributed by atoms with van der Waals surface area (Å²) in [4.78, 5) is 24.7. The van der Waals surface area contributed by atoms with E-state index in [1.54, 1.807) is 17.0 Å². The summed E-state index contributed by atoms with van der Waals surface area (Å²) in [6, 6.07) is 5.85. The highest BCUT2D eigenvalue weighted by Crippen LogP contribution is 2.19. The van der Waals surface area contributed by atoms with Crippen LogP contribution in [-0.4, -0.2) is 56.1 Å². The number of carbonyl (C=O) groups excluding carboxylic acids is 1. The third-order valence-electron chi connectivity index (χ3n) is 3.97. The maximum Gasteiger partial charge on any atom is 0.358 e. The van der Waals surface area contributed by atoms with E-state index in [2.05, 4.69) is 10.3 Å². The maximum atomic E-state index is 12.9. The maximum absolute atomic E-state index is 12.9. The van der Waals surface area contributed by atoms with Crippen LogP contribution in [0.3, 0.4) is 0 Å². The van der Waals surface area contributed by atoms with Gasteiger partial charge in [0, 0.05) is 25.9 Å². The van der Waals surface area contributed by atoms with Crippen molar-refractivity contribution >= 4 is 11.9 Å². The molecule has 1 aliphatic rings. The molecule has 0 atom stereocenters. The van der Waals surface area contributed by atoms with E-state index in [9.17, 15) is 14.0 Å². The fraction of sp³-hybridized carbons (Fsp3) is 0.375. The third kappa shape index (κ3) is 4.31. The minimum absolute atomic E-state index is 0.0282. The van der Waals surface area contributed by atoms with Gasteiger partial charge in [-0.3, -0.25) is 4.79 Å². The van der Waals surface area contributed by atoms with Crippen molar-refractivity contribution < 1.29 is 23.8 Å². The Labute approximate surface area is 142 Å².